The fraction of sp³-hybridized carbons (Fsp3) is 0.250. The van der Waals surface area contributed by atoms with Gasteiger partial charge in [-0.15, -0.1) is 0 Å². The van der Waals surface area contributed by atoms with Crippen molar-refractivity contribution in [2.45, 2.75) is 12.8 Å². The van der Waals surface area contributed by atoms with Gasteiger partial charge in [-0.3, -0.25) is 4.98 Å². The van der Waals surface area contributed by atoms with Crippen LogP contribution < -0.4 is 0 Å². The van der Waals surface area contributed by atoms with Crippen molar-refractivity contribution in [3.63, 3.8) is 0 Å². The SMILES string of the molecule is Cn1cnc(C(=O)O)c1CCc1ccncc1. The summed E-state index contributed by atoms with van der Waals surface area (Å²) in [5.41, 5.74) is 2.02. The molecule has 5 heteroatoms. The van der Waals surface area contributed by atoms with Crippen molar-refractivity contribution in [3.05, 3.63) is 47.8 Å². The van der Waals surface area contributed by atoms with Crippen LogP contribution in [0.5, 0.6) is 0 Å². The number of aryl methyl sites for hydroxylation is 2. The zero-order valence-corrected chi connectivity index (χ0v) is 9.50. The molecule has 17 heavy (non-hydrogen) atoms. The predicted molar refractivity (Wildman–Crippen MR) is 61.8 cm³/mol. The molecule has 0 spiro atoms. The Bertz CT molecular complexity index is 520. The lowest BCUT2D eigenvalue weighted by atomic mass is 10.1. The van der Waals surface area contributed by atoms with Gasteiger partial charge in [-0.2, -0.15) is 0 Å². The summed E-state index contributed by atoms with van der Waals surface area (Å²) in [6.45, 7) is 0. The second kappa shape index (κ2) is 4.78. The van der Waals surface area contributed by atoms with Gasteiger partial charge in [0.2, 0.25) is 0 Å². The van der Waals surface area contributed by atoms with Crippen molar-refractivity contribution in [2.24, 2.45) is 7.05 Å². The van der Waals surface area contributed by atoms with Gasteiger partial charge in [-0.1, -0.05) is 0 Å². The highest BCUT2D eigenvalue weighted by Crippen LogP contribution is 2.10. The fourth-order valence-corrected chi connectivity index (χ4v) is 1.74. The minimum absolute atomic E-state index is 0.140. The van der Waals surface area contributed by atoms with Crippen LogP contribution in [0.1, 0.15) is 21.7 Å². The van der Waals surface area contributed by atoms with E-state index in [0.29, 0.717) is 6.42 Å². The van der Waals surface area contributed by atoms with E-state index in [9.17, 15) is 4.79 Å². The monoisotopic (exact) mass is 231 g/mol. The first-order chi connectivity index (χ1) is 8.18. The van der Waals surface area contributed by atoms with Crippen LogP contribution >= 0.6 is 0 Å². The van der Waals surface area contributed by atoms with Gasteiger partial charge in [-0.25, -0.2) is 9.78 Å². The maximum absolute atomic E-state index is 11.0. The van der Waals surface area contributed by atoms with Crippen molar-refractivity contribution >= 4 is 5.97 Å². The molecular formula is C12H13N3O2. The van der Waals surface area contributed by atoms with Gasteiger partial charge in [0, 0.05) is 19.4 Å². The van der Waals surface area contributed by atoms with E-state index in [-0.39, 0.29) is 5.69 Å². The molecule has 0 aliphatic rings. The number of hydrogen-bond acceptors (Lipinski definition) is 3. The largest absolute Gasteiger partial charge is 0.476 e. The number of rotatable bonds is 4. The maximum atomic E-state index is 11.0. The molecule has 0 saturated heterocycles. The number of hydrogen-bond donors (Lipinski definition) is 1. The third-order valence-corrected chi connectivity index (χ3v) is 2.66. The Morgan fingerprint density at radius 1 is 1.35 bits per heavy atom. The zero-order chi connectivity index (χ0) is 12.3. The lowest BCUT2D eigenvalue weighted by Crippen LogP contribution is -2.06. The molecule has 5 nitrogen and oxygen atoms in total. The molecule has 0 atom stereocenters. The van der Waals surface area contributed by atoms with Crippen LogP contribution in [0.25, 0.3) is 0 Å². The van der Waals surface area contributed by atoms with Gasteiger partial charge in [0.1, 0.15) is 0 Å². The lowest BCUT2D eigenvalue weighted by molar-refractivity contribution is 0.0689. The van der Waals surface area contributed by atoms with E-state index in [1.165, 1.54) is 6.33 Å². The number of nitrogens with zero attached hydrogens (tertiary/aromatic N) is 3. The van der Waals surface area contributed by atoms with Gasteiger partial charge in [-0.05, 0) is 30.5 Å². The average Bonchev–Trinajstić information content (AvgIpc) is 2.69. The topological polar surface area (TPSA) is 68.0 Å². The molecule has 0 bridgehead atoms. The van der Waals surface area contributed by atoms with Crippen LogP contribution in [-0.4, -0.2) is 25.6 Å². The van der Waals surface area contributed by atoms with Gasteiger partial charge in [0.25, 0.3) is 0 Å². The number of carbonyl (C=O) groups is 1. The highest BCUT2D eigenvalue weighted by Gasteiger charge is 2.14. The van der Waals surface area contributed by atoms with Crippen molar-refractivity contribution in [1.82, 2.24) is 14.5 Å². The molecule has 0 aromatic carbocycles. The first-order valence-electron chi connectivity index (χ1n) is 5.31. The van der Waals surface area contributed by atoms with E-state index >= 15 is 0 Å². The fourth-order valence-electron chi connectivity index (χ4n) is 1.74. The smallest absolute Gasteiger partial charge is 0.356 e. The van der Waals surface area contributed by atoms with Crippen molar-refractivity contribution in [2.75, 3.05) is 0 Å². The maximum Gasteiger partial charge on any atom is 0.356 e. The molecular weight excluding hydrogens is 218 g/mol. The number of carboxylic acids is 1. The average molecular weight is 231 g/mol. The van der Waals surface area contributed by atoms with E-state index in [2.05, 4.69) is 9.97 Å². The van der Waals surface area contributed by atoms with Gasteiger partial charge >= 0.3 is 5.97 Å². The van der Waals surface area contributed by atoms with Gasteiger partial charge < -0.3 is 9.67 Å². The molecule has 88 valence electrons. The third-order valence-electron chi connectivity index (χ3n) is 2.66. The summed E-state index contributed by atoms with van der Waals surface area (Å²) in [5, 5.41) is 8.99. The summed E-state index contributed by atoms with van der Waals surface area (Å²) in [6.07, 6.45) is 6.43. The first-order valence-corrected chi connectivity index (χ1v) is 5.31. The molecule has 0 saturated carbocycles. The molecule has 1 N–H and O–H groups in total. The Morgan fingerprint density at radius 3 is 2.71 bits per heavy atom. The van der Waals surface area contributed by atoms with Crippen molar-refractivity contribution in [1.29, 1.82) is 0 Å². The summed E-state index contributed by atoms with van der Waals surface area (Å²) in [4.78, 5) is 18.8. The Kier molecular flexibility index (Phi) is 3.18. The van der Waals surface area contributed by atoms with E-state index in [4.69, 9.17) is 5.11 Å². The van der Waals surface area contributed by atoms with Crippen LogP contribution in [0, 0.1) is 0 Å². The van der Waals surface area contributed by atoms with Gasteiger partial charge in [0.05, 0.1) is 12.0 Å². The first kappa shape index (κ1) is 11.3. The number of imidazole rings is 1. The van der Waals surface area contributed by atoms with Crippen LogP contribution in [0.2, 0.25) is 0 Å². The van der Waals surface area contributed by atoms with Gasteiger partial charge in [0.15, 0.2) is 5.69 Å². The molecule has 0 unspecified atom stereocenters. The molecule has 2 heterocycles. The standard InChI is InChI=1S/C12H13N3O2/c1-15-8-14-11(12(16)17)10(15)3-2-9-4-6-13-7-5-9/h4-8H,2-3H2,1H3,(H,16,17). The van der Waals surface area contributed by atoms with E-state index < -0.39 is 5.97 Å². The highest BCUT2D eigenvalue weighted by molar-refractivity contribution is 5.86. The lowest BCUT2D eigenvalue weighted by Gasteiger charge is -2.04. The van der Waals surface area contributed by atoms with E-state index in [0.717, 1.165) is 17.7 Å². The molecule has 2 aromatic heterocycles. The molecule has 0 fully saturated rings. The molecule has 0 amide bonds. The Balaban J connectivity index is 2.14. The summed E-state index contributed by atoms with van der Waals surface area (Å²) < 4.78 is 1.75. The van der Waals surface area contributed by atoms with Crippen LogP contribution in [-0.2, 0) is 19.9 Å². The van der Waals surface area contributed by atoms with Crippen molar-refractivity contribution < 1.29 is 9.90 Å². The summed E-state index contributed by atoms with van der Waals surface area (Å²) in [7, 11) is 1.81. The molecule has 2 aromatic rings. The zero-order valence-electron chi connectivity index (χ0n) is 9.50. The number of aromatic nitrogens is 3. The Hall–Kier alpha value is -2.17. The second-order valence-electron chi connectivity index (χ2n) is 3.81. The number of pyridine rings is 1. The summed E-state index contributed by atoms with van der Waals surface area (Å²) in [5.74, 6) is -0.977. The molecule has 0 aliphatic heterocycles. The molecule has 2 rings (SSSR count). The summed E-state index contributed by atoms with van der Waals surface area (Å²) in [6, 6.07) is 3.85. The normalized spacial score (nSPS) is 10.4. The second-order valence-corrected chi connectivity index (χ2v) is 3.81. The number of aromatic carboxylic acids is 1. The Morgan fingerprint density at radius 2 is 2.06 bits per heavy atom. The highest BCUT2D eigenvalue weighted by atomic mass is 16.4. The van der Waals surface area contributed by atoms with Crippen LogP contribution in [0.4, 0.5) is 0 Å². The molecule has 0 radical (unpaired) electrons. The Labute approximate surface area is 98.8 Å². The molecule has 0 aliphatic carbocycles. The van der Waals surface area contributed by atoms with Crippen LogP contribution in [0.3, 0.4) is 0 Å². The predicted octanol–water partition coefficient (Wildman–Crippen LogP) is 1.30. The van der Waals surface area contributed by atoms with Crippen LogP contribution in [0.15, 0.2) is 30.9 Å². The quantitative estimate of drug-likeness (QED) is 0.861. The minimum Gasteiger partial charge on any atom is -0.476 e. The third kappa shape index (κ3) is 2.50. The van der Waals surface area contributed by atoms with E-state index in [1.807, 2.05) is 12.1 Å². The summed E-state index contributed by atoms with van der Waals surface area (Å²) >= 11 is 0. The van der Waals surface area contributed by atoms with E-state index in [1.54, 1.807) is 24.0 Å². The van der Waals surface area contributed by atoms with Crippen molar-refractivity contribution in [3.8, 4) is 0 Å². The minimum atomic E-state index is -0.977. The number of carboxylic acid groups (broad SMARTS) is 1.